The van der Waals surface area contributed by atoms with Crippen LogP contribution in [0.2, 0.25) is 0 Å². The lowest BCUT2D eigenvalue weighted by Gasteiger charge is -2.80. The lowest BCUT2D eigenvalue weighted by Crippen LogP contribution is -2.76. The Bertz CT molecular complexity index is 269. The van der Waals surface area contributed by atoms with Gasteiger partial charge in [-0.15, -0.1) is 0 Å². The fraction of sp³-hybridized carbons (Fsp3) is 1.00. The molecule has 14 heavy (non-hydrogen) atoms. The van der Waals surface area contributed by atoms with Gasteiger partial charge in [-0.2, -0.15) is 0 Å². The minimum atomic E-state index is 1.08. The molecule has 0 radical (unpaired) electrons. The molecule has 0 bridgehead atoms. The third kappa shape index (κ3) is 0.517. The molecule has 0 saturated heterocycles. The number of fused-ring (bicyclic) bond motifs is 10. The minimum Gasteiger partial charge on any atom is -0.0625 e. The quantitative estimate of drug-likeness (QED) is 0.512. The van der Waals surface area contributed by atoms with Gasteiger partial charge in [0, 0.05) is 0 Å². The van der Waals surface area contributed by atoms with Crippen molar-refractivity contribution in [2.45, 2.75) is 32.6 Å². The zero-order valence-electron chi connectivity index (χ0n) is 9.02. The van der Waals surface area contributed by atoms with Crippen molar-refractivity contribution in [1.29, 1.82) is 0 Å². The first-order valence-corrected chi connectivity index (χ1v) is 6.86. The van der Waals surface area contributed by atoms with Gasteiger partial charge in [-0.05, 0) is 78.9 Å². The molecule has 0 spiro atoms. The summed E-state index contributed by atoms with van der Waals surface area (Å²) in [5.74, 6) is 11.1. The van der Waals surface area contributed by atoms with Crippen LogP contribution < -0.4 is 0 Å². The first-order valence-electron chi connectivity index (χ1n) is 6.86. The first-order chi connectivity index (χ1) is 6.86. The molecule has 5 aliphatic carbocycles. The predicted octanol–water partition coefficient (Wildman–Crippen LogP) is 3.18. The van der Waals surface area contributed by atoms with Crippen molar-refractivity contribution < 1.29 is 0 Å². The molecule has 8 unspecified atom stereocenters. The molecule has 0 nitrogen and oxygen atoms in total. The molecular weight excluding hydrogens is 168 g/mol. The van der Waals surface area contributed by atoms with E-state index in [-0.39, 0.29) is 0 Å². The molecule has 0 aromatic heterocycles. The van der Waals surface area contributed by atoms with Gasteiger partial charge in [0.25, 0.3) is 0 Å². The Balaban J connectivity index is 1.47. The van der Waals surface area contributed by atoms with Crippen molar-refractivity contribution in [3.8, 4) is 0 Å². The maximum atomic E-state index is 2.49. The standard InChI is InChI=1S/C14H20/c1-6-4-9-10(5-6)14-12-8-3-2-7(8)11(12)13(9)14/h6-14H,2-5H2,1H3. The Morgan fingerprint density at radius 3 is 1.50 bits per heavy atom. The fourth-order valence-corrected chi connectivity index (χ4v) is 6.64. The summed E-state index contributed by atoms with van der Waals surface area (Å²) < 4.78 is 0. The van der Waals surface area contributed by atoms with Crippen molar-refractivity contribution in [3.63, 3.8) is 0 Å². The van der Waals surface area contributed by atoms with Gasteiger partial charge in [-0.25, -0.2) is 0 Å². The molecule has 0 amide bonds. The third-order valence-corrected chi connectivity index (χ3v) is 7.04. The largest absolute Gasteiger partial charge is 0.0625 e. The van der Waals surface area contributed by atoms with Crippen molar-refractivity contribution in [3.05, 3.63) is 0 Å². The van der Waals surface area contributed by atoms with E-state index < -0.39 is 0 Å². The molecule has 0 aliphatic heterocycles. The van der Waals surface area contributed by atoms with Gasteiger partial charge in [0.1, 0.15) is 0 Å². The summed E-state index contributed by atoms with van der Waals surface area (Å²) in [6.07, 6.45) is 6.43. The highest BCUT2D eigenvalue weighted by Crippen LogP contribution is 2.82. The van der Waals surface area contributed by atoms with Gasteiger partial charge < -0.3 is 0 Å². The molecule has 0 aromatic rings. The normalized spacial score (nSPS) is 76.5. The molecule has 0 heteroatoms. The predicted molar refractivity (Wildman–Crippen MR) is 55.6 cm³/mol. The summed E-state index contributed by atoms with van der Waals surface area (Å²) in [5.41, 5.74) is 0. The molecule has 0 N–H and O–H groups in total. The Labute approximate surface area is 86.5 Å². The molecule has 8 atom stereocenters. The maximum Gasteiger partial charge on any atom is -0.0315 e. The number of hydrogen-bond acceptors (Lipinski definition) is 0. The lowest BCUT2D eigenvalue weighted by molar-refractivity contribution is -0.330. The summed E-state index contributed by atoms with van der Waals surface area (Å²) in [6, 6.07) is 0. The fourth-order valence-electron chi connectivity index (χ4n) is 6.64. The third-order valence-electron chi connectivity index (χ3n) is 7.04. The van der Waals surface area contributed by atoms with Crippen LogP contribution in [0, 0.1) is 53.3 Å². The van der Waals surface area contributed by atoms with E-state index in [0.717, 1.165) is 5.92 Å². The smallest absolute Gasteiger partial charge is 0.0315 e. The van der Waals surface area contributed by atoms with Gasteiger partial charge in [-0.3, -0.25) is 0 Å². The van der Waals surface area contributed by atoms with Gasteiger partial charge >= 0.3 is 0 Å². The maximum absolute atomic E-state index is 2.49. The Morgan fingerprint density at radius 1 is 0.643 bits per heavy atom. The molecule has 0 aromatic carbocycles. The van der Waals surface area contributed by atoms with E-state index in [4.69, 9.17) is 0 Å². The Kier molecular flexibility index (Phi) is 1.02. The zero-order valence-corrected chi connectivity index (χ0v) is 9.02. The van der Waals surface area contributed by atoms with Gasteiger partial charge in [-0.1, -0.05) is 6.92 Å². The van der Waals surface area contributed by atoms with Gasteiger partial charge in [0.05, 0.1) is 0 Å². The summed E-state index contributed by atoms with van der Waals surface area (Å²) in [7, 11) is 0. The Hall–Kier alpha value is 0. The Morgan fingerprint density at radius 2 is 1.07 bits per heavy atom. The lowest BCUT2D eigenvalue weighted by atomic mass is 9.24. The second-order valence-electron chi connectivity index (χ2n) is 7.12. The van der Waals surface area contributed by atoms with Crippen molar-refractivity contribution in [2.24, 2.45) is 53.3 Å². The van der Waals surface area contributed by atoms with Crippen LogP contribution in [-0.2, 0) is 0 Å². The van der Waals surface area contributed by atoms with E-state index in [2.05, 4.69) is 6.92 Å². The van der Waals surface area contributed by atoms with Crippen LogP contribution in [0.1, 0.15) is 32.6 Å². The molecule has 5 rings (SSSR count). The topological polar surface area (TPSA) is 0 Å². The number of hydrogen-bond donors (Lipinski definition) is 0. The molecule has 5 aliphatic rings. The molecular formula is C14H20. The van der Waals surface area contributed by atoms with Crippen LogP contribution in [-0.4, -0.2) is 0 Å². The average Bonchev–Trinajstić information content (AvgIpc) is 2.40. The number of rotatable bonds is 0. The summed E-state index contributed by atoms with van der Waals surface area (Å²) in [6.45, 7) is 2.49. The van der Waals surface area contributed by atoms with Crippen molar-refractivity contribution in [2.75, 3.05) is 0 Å². The van der Waals surface area contributed by atoms with E-state index in [1.54, 1.807) is 25.7 Å². The highest BCUT2D eigenvalue weighted by atomic mass is 14.8. The van der Waals surface area contributed by atoms with E-state index in [0.29, 0.717) is 0 Å². The molecule has 5 fully saturated rings. The second kappa shape index (κ2) is 1.95. The first kappa shape index (κ1) is 7.30. The van der Waals surface area contributed by atoms with E-state index in [1.807, 2.05) is 0 Å². The van der Waals surface area contributed by atoms with Crippen LogP contribution in [0.4, 0.5) is 0 Å². The van der Waals surface area contributed by atoms with Crippen LogP contribution in [0.5, 0.6) is 0 Å². The van der Waals surface area contributed by atoms with Crippen LogP contribution in [0.25, 0.3) is 0 Å². The van der Waals surface area contributed by atoms with E-state index in [1.165, 1.54) is 47.3 Å². The zero-order chi connectivity index (χ0) is 9.02. The van der Waals surface area contributed by atoms with Crippen molar-refractivity contribution >= 4 is 0 Å². The van der Waals surface area contributed by atoms with Crippen LogP contribution in [0.15, 0.2) is 0 Å². The molecule has 5 saturated carbocycles. The molecule has 0 heterocycles. The summed E-state index contributed by atoms with van der Waals surface area (Å²) >= 11 is 0. The highest BCUT2D eigenvalue weighted by Gasteiger charge is 2.77. The van der Waals surface area contributed by atoms with E-state index >= 15 is 0 Å². The average molecular weight is 188 g/mol. The van der Waals surface area contributed by atoms with Crippen molar-refractivity contribution in [1.82, 2.24) is 0 Å². The second-order valence-corrected chi connectivity index (χ2v) is 7.12. The summed E-state index contributed by atoms with van der Waals surface area (Å²) in [4.78, 5) is 0. The molecule has 76 valence electrons. The van der Waals surface area contributed by atoms with Crippen LogP contribution in [0.3, 0.4) is 0 Å². The SMILES string of the molecule is CC1CC2C(C1)C1C3C4CCC4C3C21. The minimum absolute atomic E-state index is 1.08. The monoisotopic (exact) mass is 188 g/mol. The summed E-state index contributed by atoms with van der Waals surface area (Å²) in [5, 5.41) is 0. The van der Waals surface area contributed by atoms with Gasteiger partial charge in [0.15, 0.2) is 0 Å². The van der Waals surface area contributed by atoms with E-state index in [9.17, 15) is 0 Å². The van der Waals surface area contributed by atoms with Gasteiger partial charge in [0.2, 0.25) is 0 Å². The van der Waals surface area contributed by atoms with Crippen LogP contribution >= 0.6 is 0 Å². The highest BCUT2D eigenvalue weighted by molar-refractivity contribution is 5.24.